The standard InChI is InChI=1S/C23H21ClN2/c1-17-10-12-20(13-11-17)25-14-19-16-26(23-9-5-3-7-21(19)23)15-18-6-2-4-8-22(18)24/h2-13,16,25H,14-15H2,1H3. The molecule has 0 amide bonds. The Balaban J connectivity index is 1.63. The number of halogens is 1. The van der Waals surface area contributed by atoms with Crippen molar-refractivity contribution in [2.45, 2.75) is 20.0 Å². The zero-order valence-electron chi connectivity index (χ0n) is 14.7. The van der Waals surface area contributed by atoms with E-state index >= 15 is 0 Å². The summed E-state index contributed by atoms with van der Waals surface area (Å²) in [7, 11) is 0. The van der Waals surface area contributed by atoms with Crippen molar-refractivity contribution in [1.82, 2.24) is 4.57 Å². The zero-order chi connectivity index (χ0) is 17.9. The molecule has 1 heterocycles. The first kappa shape index (κ1) is 16.7. The first-order valence-corrected chi connectivity index (χ1v) is 9.19. The highest BCUT2D eigenvalue weighted by Gasteiger charge is 2.09. The first-order valence-electron chi connectivity index (χ1n) is 8.81. The fourth-order valence-corrected chi connectivity index (χ4v) is 3.47. The van der Waals surface area contributed by atoms with Crippen molar-refractivity contribution >= 4 is 28.2 Å². The summed E-state index contributed by atoms with van der Waals surface area (Å²) in [6.07, 6.45) is 2.23. The van der Waals surface area contributed by atoms with Gasteiger partial charge in [-0.3, -0.25) is 0 Å². The van der Waals surface area contributed by atoms with Crippen LogP contribution in [-0.4, -0.2) is 4.57 Å². The Morgan fingerprint density at radius 3 is 2.38 bits per heavy atom. The van der Waals surface area contributed by atoms with Crippen LogP contribution >= 0.6 is 11.6 Å². The fourth-order valence-electron chi connectivity index (χ4n) is 3.27. The van der Waals surface area contributed by atoms with Gasteiger partial charge in [-0.2, -0.15) is 0 Å². The summed E-state index contributed by atoms with van der Waals surface area (Å²) in [6, 6.07) is 25.1. The normalized spacial score (nSPS) is 11.0. The molecule has 0 saturated heterocycles. The highest BCUT2D eigenvalue weighted by Crippen LogP contribution is 2.25. The van der Waals surface area contributed by atoms with Gasteiger partial charge in [0.05, 0.1) is 0 Å². The summed E-state index contributed by atoms with van der Waals surface area (Å²) in [6.45, 7) is 3.66. The number of aryl methyl sites for hydroxylation is 1. The number of rotatable bonds is 5. The molecule has 0 aliphatic rings. The third-order valence-corrected chi connectivity index (χ3v) is 5.07. The topological polar surface area (TPSA) is 17.0 Å². The second-order valence-corrected chi connectivity index (χ2v) is 7.02. The molecule has 4 rings (SSSR count). The molecule has 1 N–H and O–H groups in total. The summed E-state index contributed by atoms with van der Waals surface area (Å²) >= 11 is 6.36. The van der Waals surface area contributed by atoms with Gasteiger partial charge in [-0.25, -0.2) is 0 Å². The maximum Gasteiger partial charge on any atom is 0.0491 e. The summed E-state index contributed by atoms with van der Waals surface area (Å²) in [4.78, 5) is 0. The zero-order valence-corrected chi connectivity index (χ0v) is 15.5. The minimum Gasteiger partial charge on any atom is -0.381 e. The second-order valence-electron chi connectivity index (χ2n) is 6.61. The number of fused-ring (bicyclic) bond motifs is 1. The number of benzene rings is 3. The Morgan fingerprint density at radius 1 is 0.846 bits per heavy atom. The minimum absolute atomic E-state index is 0.769. The van der Waals surface area contributed by atoms with Crippen LogP contribution < -0.4 is 5.32 Å². The van der Waals surface area contributed by atoms with Crippen molar-refractivity contribution in [2.75, 3.05) is 5.32 Å². The molecule has 0 unspecified atom stereocenters. The molecule has 4 aromatic rings. The van der Waals surface area contributed by atoms with Crippen LogP contribution in [0, 0.1) is 6.92 Å². The van der Waals surface area contributed by atoms with Gasteiger partial charge in [0.2, 0.25) is 0 Å². The largest absolute Gasteiger partial charge is 0.381 e. The number of aromatic nitrogens is 1. The molecule has 0 aliphatic heterocycles. The number of nitrogens with one attached hydrogen (secondary N) is 1. The average Bonchev–Trinajstić information content (AvgIpc) is 3.01. The van der Waals surface area contributed by atoms with Crippen LogP contribution in [-0.2, 0) is 13.1 Å². The fraction of sp³-hybridized carbons (Fsp3) is 0.130. The first-order chi connectivity index (χ1) is 12.7. The van der Waals surface area contributed by atoms with E-state index < -0.39 is 0 Å². The minimum atomic E-state index is 0.769. The number of nitrogens with zero attached hydrogens (tertiary/aromatic N) is 1. The molecule has 0 saturated carbocycles. The van der Waals surface area contributed by atoms with E-state index in [1.54, 1.807) is 0 Å². The van der Waals surface area contributed by atoms with E-state index in [-0.39, 0.29) is 0 Å². The Kier molecular flexibility index (Phi) is 4.68. The van der Waals surface area contributed by atoms with Crippen LogP contribution in [0.2, 0.25) is 5.02 Å². The molecule has 3 heteroatoms. The number of para-hydroxylation sites is 1. The van der Waals surface area contributed by atoms with Gasteiger partial charge in [0.1, 0.15) is 0 Å². The molecule has 130 valence electrons. The lowest BCUT2D eigenvalue weighted by atomic mass is 10.1. The van der Waals surface area contributed by atoms with Crippen LogP contribution in [0.25, 0.3) is 10.9 Å². The van der Waals surface area contributed by atoms with Gasteiger partial charge < -0.3 is 9.88 Å². The Hall–Kier alpha value is -2.71. The van der Waals surface area contributed by atoms with Crippen LogP contribution in [0.15, 0.2) is 79.0 Å². The highest BCUT2D eigenvalue weighted by molar-refractivity contribution is 6.31. The second kappa shape index (κ2) is 7.27. The van der Waals surface area contributed by atoms with Gasteiger partial charge in [0.15, 0.2) is 0 Å². The summed E-state index contributed by atoms with van der Waals surface area (Å²) in [5.41, 5.74) is 6.06. The van der Waals surface area contributed by atoms with E-state index in [2.05, 4.69) is 77.6 Å². The van der Waals surface area contributed by atoms with Crippen molar-refractivity contribution in [3.63, 3.8) is 0 Å². The van der Waals surface area contributed by atoms with Crippen LogP contribution in [0.1, 0.15) is 16.7 Å². The van der Waals surface area contributed by atoms with Crippen molar-refractivity contribution in [3.8, 4) is 0 Å². The molecule has 3 aromatic carbocycles. The van der Waals surface area contributed by atoms with E-state index in [4.69, 9.17) is 11.6 Å². The van der Waals surface area contributed by atoms with Crippen LogP contribution in [0.4, 0.5) is 5.69 Å². The Morgan fingerprint density at radius 2 is 1.58 bits per heavy atom. The van der Waals surface area contributed by atoms with E-state index in [0.717, 1.165) is 29.4 Å². The predicted molar refractivity (Wildman–Crippen MR) is 111 cm³/mol. The number of hydrogen-bond acceptors (Lipinski definition) is 1. The van der Waals surface area contributed by atoms with Gasteiger partial charge in [0.25, 0.3) is 0 Å². The van der Waals surface area contributed by atoms with Gasteiger partial charge in [-0.1, -0.05) is 65.7 Å². The molecule has 0 fully saturated rings. The molecular formula is C23H21ClN2. The molecule has 0 spiro atoms. The van der Waals surface area contributed by atoms with Crippen molar-refractivity contribution in [1.29, 1.82) is 0 Å². The third-order valence-electron chi connectivity index (χ3n) is 4.70. The Bertz CT molecular complexity index is 1030. The molecule has 0 aliphatic carbocycles. The van der Waals surface area contributed by atoms with E-state index in [1.807, 2.05) is 18.2 Å². The van der Waals surface area contributed by atoms with Crippen molar-refractivity contribution < 1.29 is 0 Å². The number of hydrogen-bond donors (Lipinski definition) is 1. The SMILES string of the molecule is Cc1ccc(NCc2cn(Cc3ccccc3Cl)c3ccccc23)cc1. The van der Waals surface area contributed by atoms with Gasteiger partial charge in [0, 0.05) is 40.9 Å². The van der Waals surface area contributed by atoms with Crippen LogP contribution in [0.3, 0.4) is 0 Å². The third kappa shape index (κ3) is 3.47. The maximum atomic E-state index is 6.36. The molecule has 1 aromatic heterocycles. The van der Waals surface area contributed by atoms with Crippen LogP contribution in [0.5, 0.6) is 0 Å². The lowest BCUT2D eigenvalue weighted by Gasteiger charge is -2.07. The molecule has 26 heavy (non-hydrogen) atoms. The monoisotopic (exact) mass is 360 g/mol. The van der Waals surface area contributed by atoms with Crippen molar-refractivity contribution in [3.05, 3.63) is 101 Å². The van der Waals surface area contributed by atoms with Gasteiger partial charge in [-0.05, 0) is 42.3 Å². The molecule has 0 radical (unpaired) electrons. The average molecular weight is 361 g/mol. The van der Waals surface area contributed by atoms with E-state index in [1.165, 1.54) is 22.0 Å². The number of anilines is 1. The predicted octanol–water partition coefficient (Wildman–Crippen LogP) is 6.26. The van der Waals surface area contributed by atoms with E-state index in [0.29, 0.717) is 0 Å². The molecular weight excluding hydrogens is 340 g/mol. The molecule has 0 bridgehead atoms. The lowest BCUT2D eigenvalue weighted by molar-refractivity contribution is 0.831. The Labute approximate surface area is 159 Å². The van der Waals surface area contributed by atoms with Gasteiger partial charge in [-0.15, -0.1) is 0 Å². The lowest BCUT2D eigenvalue weighted by Crippen LogP contribution is -2.00. The smallest absolute Gasteiger partial charge is 0.0491 e. The molecule has 2 nitrogen and oxygen atoms in total. The summed E-state index contributed by atoms with van der Waals surface area (Å²) < 4.78 is 2.28. The highest BCUT2D eigenvalue weighted by atomic mass is 35.5. The van der Waals surface area contributed by atoms with E-state index in [9.17, 15) is 0 Å². The van der Waals surface area contributed by atoms with Gasteiger partial charge >= 0.3 is 0 Å². The summed E-state index contributed by atoms with van der Waals surface area (Å²) in [5, 5.41) is 5.62. The quantitative estimate of drug-likeness (QED) is 0.444. The maximum absolute atomic E-state index is 6.36. The van der Waals surface area contributed by atoms with Crippen molar-refractivity contribution in [2.24, 2.45) is 0 Å². The molecule has 0 atom stereocenters. The summed E-state index contributed by atoms with van der Waals surface area (Å²) in [5.74, 6) is 0.